The molecule has 0 aromatic heterocycles. The number of rotatable bonds is 5. The van der Waals surface area contributed by atoms with Gasteiger partial charge in [0.25, 0.3) is 5.91 Å². The number of likely N-dealkylation sites (tertiary alicyclic amines) is 1. The molecule has 1 fully saturated rings. The van der Waals surface area contributed by atoms with Crippen molar-refractivity contribution in [1.82, 2.24) is 4.90 Å². The Balaban J connectivity index is 1.46. The maximum absolute atomic E-state index is 12.4. The first-order valence-corrected chi connectivity index (χ1v) is 9.06. The zero-order chi connectivity index (χ0) is 19.9. The fraction of sp³-hybridized carbons (Fsp3) is 0.286. The highest BCUT2D eigenvalue weighted by Gasteiger charge is 2.27. The first-order chi connectivity index (χ1) is 13.6. The quantitative estimate of drug-likeness (QED) is 0.777. The lowest BCUT2D eigenvalue weighted by atomic mass is 9.95. The van der Waals surface area contributed by atoms with Gasteiger partial charge in [0.1, 0.15) is 17.6 Å². The standard InChI is InChI=1S/C21H21N3O4/c22-13-16-3-1-2-4-19(16)28-14-20(26)24-11-9-15(10-12-24)21(27)23-17-5-7-18(25)8-6-17/h1-8,15,25H,9-12,14H2,(H,23,27). The van der Waals surface area contributed by atoms with E-state index >= 15 is 0 Å². The molecule has 1 aliphatic heterocycles. The van der Waals surface area contributed by atoms with Crippen LogP contribution in [0.3, 0.4) is 0 Å². The molecule has 0 unspecified atom stereocenters. The maximum Gasteiger partial charge on any atom is 0.260 e. The molecular formula is C21H21N3O4. The molecule has 7 heteroatoms. The molecular weight excluding hydrogens is 358 g/mol. The summed E-state index contributed by atoms with van der Waals surface area (Å²) in [5.41, 5.74) is 1.02. The number of hydrogen-bond acceptors (Lipinski definition) is 5. The highest BCUT2D eigenvalue weighted by Crippen LogP contribution is 2.21. The molecule has 2 N–H and O–H groups in total. The fourth-order valence-electron chi connectivity index (χ4n) is 3.10. The Hall–Kier alpha value is -3.53. The van der Waals surface area contributed by atoms with E-state index in [1.165, 1.54) is 12.1 Å². The van der Waals surface area contributed by atoms with Gasteiger partial charge < -0.3 is 20.1 Å². The largest absolute Gasteiger partial charge is 0.508 e. The van der Waals surface area contributed by atoms with Crippen LogP contribution in [0.5, 0.6) is 11.5 Å². The number of para-hydroxylation sites is 1. The van der Waals surface area contributed by atoms with Crippen molar-refractivity contribution < 1.29 is 19.4 Å². The predicted octanol–water partition coefficient (Wildman–Crippen LogP) is 2.52. The topological polar surface area (TPSA) is 103 Å². The van der Waals surface area contributed by atoms with E-state index in [9.17, 15) is 14.7 Å². The number of hydrogen-bond donors (Lipinski definition) is 2. The molecule has 0 aliphatic carbocycles. The van der Waals surface area contributed by atoms with E-state index in [0.717, 1.165) is 0 Å². The monoisotopic (exact) mass is 379 g/mol. The van der Waals surface area contributed by atoms with Gasteiger partial charge in [-0.3, -0.25) is 9.59 Å². The normalized spacial score (nSPS) is 14.2. The summed E-state index contributed by atoms with van der Waals surface area (Å²) in [4.78, 5) is 26.4. The van der Waals surface area contributed by atoms with E-state index in [-0.39, 0.29) is 30.1 Å². The van der Waals surface area contributed by atoms with Crippen molar-refractivity contribution in [2.75, 3.05) is 25.0 Å². The number of phenolic OH excluding ortho intramolecular Hbond substituents is 1. The van der Waals surface area contributed by atoms with Crippen LogP contribution in [0.1, 0.15) is 18.4 Å². The minimum Gasteiger partial charge on any atom is -0.508 e. The summed E-state index contributed by atoms with van der Waals surface area (Å²) >= 11 is 0. The van der Waals surface area contributed by atoms with Gasteiger partial charge in [0.2, 0.25) is 5.91 Å². The lowest BCUT2D eigenvalue weighted by molar-refractivity contribution is -0.136. The molecule has 7 nitrogen and oxygen atoms in total. The minimum atomic E-state index is -0.168. The molecule has 0 atom stereocenters. The van der Waals surface area contributed by atoms with E-state index in [2.05, 4.69) is 5.32 Å². The molecule has 2 amide bonds. The van der Waals surface area contributed by atoms with Crippen LogP contribution < -0.4 is 10.1 Å². The van der Waals surface area contributed by atoms with Crippen LogP contribution in [-0.4, -0.2) is 41.5 Å². The van der Waals surface area contributed by atoms with Gasteiger partial charge in [0.15, 0.2) is 6.61 Å². The van der Waals surface area contributed by atoms with Crippen LogP contribution in [-0.2, 0) is 9.59 Å². The van der Waals surface area contributed by atoms with Gasteiger partial charge in [0.05, 0.1) is 5.56 Å². The first kappa shape index (κ1) is 19.2. The van der Waals surface area contributed by atoms with Crippen LogP contribution in [0, 0.1) is 17.2 Å². The Morgan fingerprint density at radius 1 is 1.14 bits per heavy atom. The van der Waals surface area contributed by atoms with Crippen molar-refractivity contribution >= 4 is 17.5 Å². The van der Waals surface area contributed by atoms with Gasteiger partial charge >= 0.3 is 0 Å². The van der Waals surface area contributed by atoms with Gasteiger partial charge in [-0.05, 0) is 49.2 Å². The van der Waals surface area contributed by atoms with E-state index in [1.54, 1.807) is 41.3 Å². The SMILES string of the molecule is N#Cc1ccccc1OCC(=O)N1CCC(C(=O)Nc2ccc(O)cc2)CC1. The summed E-state index contributed by atoms with van der Waals surface area (Å²) in [7, 11) is 0. The number of phenols is 1. The second-order valence-corrected chi connectivity index (χ2v) is 6.59. The first-order valence-electron chi connectivity index (χ1n) is 9.06. The van der Waals surface area contributed by atoms with E-state index in [0.29, 0.717) is 42.9 Å². The number of nitriles is 1. The number of nitrogens with zero attached hydrogens (tertiary/aromatic N) is 2. The third kappa shape index (κ3) is 4.80. The maximum atomic E-state index is 12.4. The molecule has 0 radical (unpaired) electrons. The fourth-order valence-corrected chi connectivity index (χ4v) is 3.10. The summed E-state index contributed by atoms with van der Waals surface area (Å²) in [6, 6.07) is 15.1. The number of ether oxygens (including phenoxy) is 1. The molecule has 1 heterocycles. The van der Waals surface area contributed by atoms with Crippen molar-refractivity contribution in [3.8, 4) is 17.6 Å². The minimum absolute atomic E-state index is 0.0861. The van der Waals surface area contributed by atoms with Crippen LogP contribution >= 0.6 is 0 Å². The van der Waals surface area contributed by atoms with Crippen LogP contribution in [0.25, 0.3) is 0 Å². The third-order valence-corrected chi connectivity index (χ3v) is 4.71. The zero-order valence-corrected chi connectivity index (χ0v) is 15.3. The van der Waals surface area contributed by atoms with Gasteiger partial charge in [-0.2, -0.15) is 5.26 Å². The van der Waals surface area contributed by atoms with Crippen molar-refractivity contribution in [2.24, 2.45) is 5.92 Å². The van der Waals surface area contributed by atoms with Crippen LogP contribution in [0.2, 0.25) is 0 Å². The van der Waals surface area contributed by atoms with Crippen LogP contribution in [0.15, 0.2) is 48.5 Å². The molecule has 0 spiro atoms. The van der Waals surface area contributed by atoms with Gasteiger partial charge in [-0.25, -0.2) is 0 Å². The smallest absolute Gasteiger partial charge is 0.260 e. The van der Waals surface area contributed by atoms with Crippen molar-refractivity contribution in [1.29, 1.82) is 5.26 Å². The summed E-state index contributed by atoms with van der Waals surface area (Å²) in [5.74, 6) is 0.117. The number of nitrogens with one attached hydrogen (secondary N) is 1. The Bertz CT molecular complexity index is 881. The Morgan fingerprint density at radius 3 is 2.50 bits per heavy atom. The second-order valence-electron chi connectivity index (χ2n) is 6.59. The molecule has 3 rings (SSSR count). The third-order valence-electron chi connectivity index (χ3n) is 4.71. The van der Waals surface area contributed by atoms with Gasteiger partial charge in [-0.1, -0.05) is 12.1 Å². The molecule has 28 heavy (non-hydrogen) atoms. The zero-order valence-electron chi connectivity index (χ0n) is 15.3. The number of piperidine rings is 1. The highest BCUT2D eigenvalue weighted by molar-refractivity contribution is 5.92. The van der Waals surface area contributed by atoms with Gasteiger partial charge in [0, 0.05) is 24.7 Å². The predicted molar refractivity (Wildman–Crippen MR) is 103 cm³/mol. The average Bonchev–Trinajstić information content (AvgIpc) is 2.74. The highest BCUT2D eigenvalue weighted by atomic mass is 16.5. The summed E-state index contributed by atoms with van der Waals surface area (Å²) in [6.07, 6.45) is 1.15. The molecule has 144 valence electrons. The molecule has 0 bridgehead atoms. The second kappa shape index (κ2) is 8.91. The Kier molecular flexibility index (Phi) is 6.12. The molecule has 2 aromatic rings. The number of amides is 2. The molecule has 2 aromatic carbocycles. The molecule has 0 saturated carbocycles. The molecule has 1 saturated heterocycles. The summed E-state index contributed by atoms with van der Waals surface area (Å²) in [6.45, 7) is 0.828. The molecule has 1 aliphatic rings. The van der Waals surface area contributed by atoms with Gasteiger partial charge in [-0.15, -0.1) is 0 Å². The van der Waals surface area contributed by atoms with Crippen molar-refractivity contribution in [2.45, 2.75) is 12.8 Å². The Labute approximate surface area is 163 Å². The number of carbonyl (C=O) groups is 2. The van der Waals surface area contributed by atoms with E-state index < -0.39 is 0 Å². The van der Waals surface area contributed by atoms with Crippen molar-refractivity contribution in [3.63, 3.8) is 0 Å². The lowest BCUT2D eigenvalue weighted by Crippen LogP contribution is -2.43. The number of carbonyl (C=O) groups excluding carboxylic acids is 2. The van der Waals surface area contributed by atoms with E-state index in [4.69, 9.17) is 10.00 Å². The number of benzene rings is 2. The Morgan fingerprint density at radius 2 is 1.82 bits per heavy atom. The number of anilines is 1. The van der Waals surface area contributed by atoms with E-state index in [1.807, 2.05) is 6.07 Å². The average molecular weight is 379 g/mol. The van der Waals surface area contributed by atoms with Crippen LogP contribution in [0.4, 0.5) is 5.69 Å². The summed E-state index contributed by atoms with van der Waals surface area (Å²) < 4.78 is 5.49. The number of aromatic hydroxyl groups is 1. The lowest BCUT2D eigenvalue weighted by Gasteiger charge is -2.31. The summed E-state index contributed by atoms with van der Waals surface area (Å²) in [5, 5.41) is 21.2. The van der Waals surface area contributed by atoms with Crippen molar-refractivity contribution in [3.05, 3.63) is 54.1 Å².